The van der Waals surface area contributed by atoms with Crippen LogP contribution in [0.2, 0.25) is 0 Å². The molecule has 1 atom stereocenters. The van der Waals surface area contributed by atoms with Crippen molar-refractivity contribution in [3.05, 3.63) is 35.0 Å². The highest BCUT2D eigenvalue weighted by molar-refractivity contribution is 5.87. The standard InChI is InChI=1S/C22H29N3O/c23-21(26)14-24-11-12-25-19-10-9-16(15-5-2-1-3-6-15)13-18(19)17-7-4-8-20(24)22(17)25/h9-10,13,15,20H,1-8,11-12,14H2,(H2,23,26)/t20-/m1/s1. The summed E-state index contributed by atoms with van der Waals surface area (Å²) >= 11 is 0. The van der Waals surface area contributed by atoms with Crippen molar-refractivity contribution in [2.45, 2.75) is 69.9 Å². The van der Waals surface area contributed by atoms with Crippen LogP contribution >= 0.6 is 0 Å². The average molecular weight is 351 g/mol. The lowest BCUT2D eigenvalue weighted by Gasteiger charge is -2.39. The van der Waals surface area contributed by atoms with Gasteiger partial charge >= 0.3 is 0 Å². The topological polar surface area (TPSA) is 51.3 Å². The molecule has 1 aliphatic heterocycles. The second-order valence-electron chi connectivity index (χ2n) is 8.47. The fourth-order valence-electron chi connectivity index (χ4n) is 5.77. The summed E-state index contributed by atoms with van der Waals surface area (Å²) in [6.45, 7) is 2.28. The fourth-order valence-corrected chi connectivity index (χ4v) is 5.77. The third-order valence-corrected chi connectivity index (χ3v) is 6.94. The summed E-state index contributed by atoms with van der Waals surface area (Å²) in [6, 6.07) is 7.63. The van der Waals surface area contributed by atoms with Crippen molar-refractivity contribution >= 4 is 16.8 Å². The molecule has 3 aliphatic rings. The highest BCUT2D eigenvalue weighted by Gasteiger charge is 2.35. The van der Waals surface area contributed by atoms with Crippen LogP contribution in [0.3, 0.4) is 0 Å². The molecule has 0 unspecified atom stereocenters. The van der Waals surface area contributed by atoms with E-state index >= 15 is 0 Å². The highest BCUT2D eigenvalue weighted by atomic mass is 16.1. The van der Waals surface area contributed by atoms with Crippen molar-refractivity contribution in [1.82, 2.24) is 9.47 Å². The summed E-state index contributed by atoms with van der Waals surface area (Å²) < 4.78 is 2.54. The highest BCUT2D eigenvalue weighted by Crippen LogP contribution is 2.43. The number of carbonyl (C=O) groups is 1. The summed E-state index contributed by atoms with van der Waals surface area (Å²) in [7, 11) is 0. The smallest absolute Gasteiger partial charge is 0.231 e. The zero-order chi connectivity index (χ0) is 17.7. The summed E-state index contributed by atoms with van der Waals surface area (Å²) in [5.74, 6) is 0.546. The molecule has 1 fully saturated rings. The van der Waals surface area contributed by atoms with Crippen molar-refractivity contribution < 1.29 is 4.79 Å². The van der Waals surface area contributed by atoms with E-state index in [0.717, 1.165) is 25.4 Å². The maximum atomic E-state index is 11.5. The van der Waals surface area contributed by atoms with Gasteiger partial charge in [0.1, 0.15) is 0 Å². The number of benzene rings is 1. The Balaban J connectivity index is 1.59. The Labute approximate surface area is 155 Å². The zero-order valence-corrected chi connectivity index (χ0v) is 15.5. The van der Waals surface area contributed by atoms with Gasteiger partial charge in [-0.2, -0.15) is 0 Å². The quantitative estimate of drug-likeness (QED) is 0.913. The van der Waals surface area contributed by atoms with Gasteiger partial charge < -0.3 is 10.3 Å². The molecule has 2 N–H and O–H groups in total. The number of fused-ring (bicyclic) bond motifs is 3. The lowest BCUT2D eigenvalue weighted by molar-refractivity contribution is -0.120. The third kappa shape index (κ3) is 2.58. The second kappa shape index (κ2) is 6.41. The van der Waals surface area contributed by atoms with E-state index in [1.807, 2.05) is 0 Å². The van der Waals surface area contributed by atoms with Crippen LogP contribution in [0.1, 0.15) is 73.7 Å². The molecule has 1 amide bonds. The average Bonchev–Trinajstić information content (AvgIpc) is 2.99. The minimum atomic E-state index is -0.207. The number of hydrogen-bond donors (Lipinski definition) is 1. The van der Waals surface area contributed by atoms with E-state index in [-0.39, 0.29) is 5.91 Å². The Bertz CT molecular complexity index is 847. The van der Waals surface area contributed by atoms with Gasteiger partial charge in [-0.1, -0.05) is 25.3 Å². The molecule has 0 bridgehead atoms. The Morgan fingerprint density at radius 2 is 1.92 bits per heavy atom. The lowest BCUT2D eigenvalue weighted by Crippen LogP contribution is -2.43. The molecule has 0 radical (unpaired) electrons. The molecule has 4 nitrogen and oxygen atoms in total. The predicted octanol–water partition coefficient (Wildman–Crippen LogP) is 3.87. The number of aromatic nitrogens is 1. The largest absolute Gasteiger partial charge is 0.369 e. The van der Waals surface area contributed by atoms with Crippen LogP contribution in [0.4, 0.5) is 0 Å². The maximum absolute atomic E-state index is 11.5. The minimum Gasteiger partial charge on any atom is -0.369 e. The van der Waals surface area contributed by atoms with E-state index in [1.54, 1.807) is 11.1 Å². The number of primary amides is 1. The Kier molecular flexibility index (Phi) is 4.04. The van der Waals surface area contributed by atoms with Gasteiger partial charge in [-0.3, -0.25) is 9.69 Å². The summed E-state index contributed by atoms with van der Waals surface area (Å²) in [5, 5.41) is 1.48. The summed E-state index contributed by atoms with van der Waals surface area (Å²) in [6.07, 6.45) is 10.4. The molecular weight excluding hydrogens is 322 g/mol. The van der Waals surface area contributed by atoms with Crippen molar-refractivity contribution in [2.24, 2.45) is 5.73 Å². The minimum absolute atomic E-state index is 0.207. The number of aryl methyl sites for hydroxylation is 1. The van der Waals surface area contributed by atoms with Crippen LogP contribution in [0.25, 0.3) is 10.9 Å². The lowest BCUT2D eigenvalue weighted by atomic mass is 9.83. The SMILES string of the molecule is NC(=O)CN1CCn2c3c(c4cc(C5CCCCC5)ccc42)CCC[C@H]31. The van der Waals surface area contributed by atoms with E-state index in [1.165, 1.54) is 61.5 Å². The van der Waals surface area contributed by atoms with Gasteiger partial charge in [0.15, 0.2) is 0 Å². The first-order chi connectivity index (χ1) is 12.7. The van der Waals surface area contributed by atoms with Crippen molar-refractivity contribution in [2.75, 3.05) is 13.1 Å². The third-order valence-electron chi connectivity index (χ3n) is 6.94. The van der Waals surface area contributed by atoms with Gasteiger partial charge in [0, 0.05) is 29.7 Å². The molecular formula is C22H29N3O. The molecule has 0 saturated heterocycles. The number of carbonyl (C=O) groups excluding carboxylic acids is 1. The number of rotatable bonds is 3. The van der Waals surface area contributed by atoms with Gasteiger partial charge in [-0.25, -0.2) is 0 Å². The van der Waals surface area contributed by atoms with E-state index in [0.29, 0.717) is 12.6 Å². The fraction of sp³-hybridized carbons (Fsp3) is 0.591. The number of hydrogen-bond acceptors (Lipinski definition) is 2. The number of nitrogens with zero attached hydrogens (tertiary/aromatic N) is 2. The Morgan fingerprint density at radius 3 is 2.73 bits per heavy atom. The van der Waals surface area contributed by atoms with Crippen LogP contribution in [-0.4, -0.2) is 28.5 Å². The molecule has 138 valence electrons. The van der Waals surface area contributed by atoms with Gasteiger partial charge in [0.05, 0.1) is 12.6 Å². The Hall–Kier alpha value is -1.81. The second-order valence-corrected chi connectivity index (χ2v) is 8.47. The Morgan fingerprint density at radius 1 is 1.08 bits per heavy atom. The van der Waals surface area contributed by atoms with Gasteiger partial charge in [0.2, 0.25) is 5.91 Å². The predicted molar refractivity (Wildman–Crippen MR) is 104 cm³/mol. The van der Waals surface area contributed by atoms with E-state index in [9.17, 15) is 4.79 Å². The zero-order valence-electron chi connectivity index (χ0n) is 15.5. The first-order valence-corrected chi connectivity index (χ1v) is 10.4. The van der Waals surface area contributed by atoms with E-state index < -0.39 is 0 Å². The van der Waals surface area contributed by atoms with Crippen LogP contribution in [0.15, 0.2) is 18.2 Å². The molecule has 26 heavy (non-hydrogen) atoms. The molecule has 4 heteroatoms. The first kappa shape index (κ1) is 16.4. The number of amides is 1. The van der Waals surface area contributed by atoms with E-state index in [4.69, 9.17) is 5.73 Å². The van der Waals surface area contributed by atoms with Gasteiger partial charge in [0.25, 0.3) is 0 Å². The molecule has 5 rings (SSSR count). The maximum Gasteiger partial charge on any atom is 0.231 e. The van der Waals surface area contributed by atoms with Crippen LogP contribution in [0, 0.1) is 0 Å². The molecule has 2 aliphatic carbocycles. The first-order valence-electron chi connectivity index (χ1n) is 10.4. The summed E-state index contributed by atoms with van der Waals surface area (Å²) in [5.41, 5.74) is 11.5. The van der Waals surface area contributed by atoms with Crippen molar-refractivity contribution in [3.8, 4) is 0 Å². The van der Waals surface area contributed by atoms with Crippen molar-refractivity contribution in [3.63, 3.8) is 0 Å². The van der Waals surface area contributed by atoms with Crippen LogP contribution in [0.5, 0.6) is 0 Å². The molecule has 1 aromatic carbocycles. The van der Waals surface area contributed by atoms with Crippen molar-refractivity contribution in [1.29, 1.82) is 0 Å². The normalized spacial score (nSPS) is 23.9. The molecule has 1 aromatic heterocycles. The van der Waals surface area contributed by atoms with Gasteiger partial charge in [-0.05, 0) is 61.3 Å². The molecule has 1 saturated carbocycles. The summed E-state index contributed by atoms with van der Waals surface area (Å²) in [4.78, 5) is 13.8. The monoisotopic (exact) mass is 351 g/mol. The molecule has 0 spiro atoms. The van der Waals surface area contributed by atoms with Gasteiger partial charge in [-0.15, -0.1) is 0 Å². The number of nitrogens with two attached hydrogens (primary N) is 1. The molecule has 2 aromatic rings. The molecule has 2 heterocycles. The van der Waals surface area contributed by atoms with Crippen LogP contribution in [-0.2, 0) is 17.8 Å². The van der Waals surface area contributed by atoms with Crippen LogP contribution < -0.4 is 5.73 Å². The van der Waals surface area contributed by atoms with E-state index in [2.05, 4.69) is 27.7 Å².